The maximum atomic E-state index is 12.6. The fourth-order valence-corrected chi connectivity index (χ4v) is 5.08. The predicted octanol–water partition coefficient (Wildman–Crippen LogP) is 3.09. The molecule has 1 aliphatic carbocycles. The molecule has 1 aliphatic rings. The zero-order chi connectivity index (χ0) is 16.8. The van der Waals surface area contributed by atoms with Crippen LogP contribution >= 0.6 is 22.7 Å². The second-order valence-electron chi connectivity index (χ2n) is 6.87. The van der Waals surface area contributed by atoms with E-state index in [1.165, 1.54) is 33.9 Å². The Morgan fingerprint density at radius 2 is 1.75 bits per heavy atom. The molecule has 2 aromatic rings. The van der Waals surface area contributed by atoms with Crippen LogP contribution in [-0.4, -0.2) is 18.5 Å². The summed E-state index contributed by atoms with van der Waals surface area (Å²) in [4.78, 5) is 16.6. The number of rotatable bonds is 7. The highest BCUT2D eigenvalue weighted by Crippen LogP contribution is 2.23. The molecule has 1 amide bonds. The van der Waals surface area contributed by atoms with Gasteiger partial charge in [0.2, 0.25) is 0 Å². The summed E-state index contributed by atoms with van der Waals surface area (Å²) in [5.74, 6) is 0.817. The lowest BCUT2D eigenvalue weighted by molar-refractivity contribution is -0.919. The van der Waals surface area contributed by atoms with E-state index in [9.17, 15) is 4.79 Å². The van der Waals surface area contributed by atoms with Gasteiger partial charge in [0.25, 0.3) is 5.91 Å². The number of thiophene rings is 2. The number of nitrogens with one attached hydrogen (secondary N) is 2. The lowest BCUT2D eigenvalue weighted by Crippen LogP contribution is -3.10. The van der Waals surface area contributed by atoms with Crippen LogP contribution in [-0.2, 0) is 17.9 Å². The van der Waals surface area contributed by atoms with E-state index in [0.29, 0.717) is 18.5 Å². The van der Waals surface area contributed by atoms with Crippen molar-refractivity contribution < 1.29 is 9.69 Å². The molecule has 0 aromatic carbocycles. The van der Waals surface area contributed by atoms with Crippen molar-refractivity contribution in [3.05, 3.63) is 44.8 Å². The van der Waals surface area contributed by atoms with Crippen molar-refractivity contribution >= 4 is 28.6 Å². The molecule has 0 spiro atoms. The van der Waals surface area contributed by atoms with E-state index >= 15 is 0 Å². The maximum absolute atomic E-state index is 12.6. The Bertz CT molecular complexity index is 573. The average Bonchev–Trinajstić information content (AvgIpc) is 3.23. The Kier molecular flexibility index (Phi) is 6.46. The minimum Gasteiger partial charge on any atom is -0.348 e. The Labute approximate surface area is 152 Å². The molecule has 130 valence electrons. The average molecular weight is 364 g/mol. The first-order chi connectivity index (χ1) is 11.7. The molecule has 0 radical (unpaired) electrons. The zero-order valence-corrected chi connectivity index (χ0v) is 15.9. The topological polar surface area (TPSA) is 33.5 Å². The minimum atomic E-state index is 0.205. The molecule has 2 N–H and O–H groups in total. The van der Waals surface area contributed by atoms with Gasteiger partial charge in [-0.15, -0.1) is 22.7 Å². The number of carbonyl (C=O) groups is 1. The van der Waals surface area contributed by atoms with Crippen molar-refractivity contribution in [2.75, 3.05) is 6.54 Å². The number of hydrogen-bond donors (Lipinski definition) is 2. The minimum absolute atomic E-state index is 0.205. The monoisotopic (exact) mass is 363 g/mol. The van der Waals surface area contributed by atoms with Crippen molar-refractivity contribution in [1.29, 1.82) is 0 Å². The van der Waals surface area contributed by atoms with Crippen molar-refractivity contribution in [2.24, 2.45) is 5.92 Å². The van der Waals surface area contributed by atoms with E-state index in [4.69, 9.17) is 0 Å². The van der Waals surface area contributed by atoms with Gasteiger partial charge in [0, 0.05) is 6.04 Å². The van der Waals surface area contributed by atoms with Crippen LogP contribution in [0.4, 0.5) is 0 Å². The van der Waals surface area contributed by atoms with Crippen molar-refractivity contribution in [3.63, 3.8) is 0 Å². The molecule has 0 bridgehead atoms. The third-order valence-electron chi connectivity index (χ3n) is 4.88. The standard InChI is InChI=1S/C19H26N2OS2/c1-15-6-2-3-9-18(15)20-19(22)14-21(12-16-7-4-10-23-16)13-17-8-5-11-24-17/h4-5,7-8,10-11,15,18H,2-3,6,9,12-14H2,1H3,(H,20,22)/p+1/t15-,18+/m1/s1. The molecule has 0 aliphatic heterocycles. The summed E-state index contributed by atoms with van der Waals surface area (Å²) in [5, 5.41) is 7.53. The highest BCUT2D eigenvalue weighted by Gasteiger charge is 2.25. The van der Waals surface area contributed by atoms with Crippen molar-refractivity contribution in [2.45, 2.75) is 51.7 Å². The first-order valence-corrected chi connectivity index (χ1v) is 10.6. The highest BCUT2D eigenvalue weighted by molar-refractivity contribution is 7.10. The fourth-order valence-electron chi connectivity index (χ4n) is 3.52. The third-order valence-corrected chi connectivity index (χ3v) is 6.63. The molecule has 2 atom stereocenters. The van der Waals surface area contributed by atoms with Gasteiger partial charge < -0.3 is 10.2 Å². The molecule has 2 aromatic heterocycles. The zero-order valence-electron chi connectivity index (χ0n) is 14.3. The SMILES string of the molecule is C[C@@H]1CCCC[C@@H]1NC(=O)C[NH+](Cc1cccs1)Cc1cccs1. The summed E-state index contributed by atoms with van der Waals surface area (Å²) >= 11 is 3.56. The quantitative estimate of drug-likeness (QED) is 0.779. The number of carbonyl (C=O) groups excluding carboxylic acids is 1. The molecule has 0 unspecified atom stereocenters. The Morgan fingerprint density at radius 1 is 1.12 bits per heavy atom. The Hall–Kier alpha value is -1.17. The molecule has 0 saturated heterocycles. The highest BCUT2D eigenvalue weighted by atomic mass is 32.1. The van der Waals surface area contributed by atoms with Crippen LogP contribution in [0, 0.1) is 5.92 Å². The van der Waals surface area contributed by atoms with E-state index in [1.54, 1.807) is 22.7 Å². The second kappa shape index (κ2) is 8.79. The van der Waals surface area contributed by atoms with Crippen molar-refractivity contribution in [3.8, 4) is 0 Å². The molecule has 5 heteroatoms. The van der Waals surface area contributed by atoms with Crippen LogP contribution in [0.3, 0.4) is 0 Å². The summed E-state index contributed by atoms with van der Waals surface area (Å²) < 4.78 is 0. The van der Waals surface area contributed by atoms with Gasteiger partial charge in [0.15, 0.2) is 6.54 Å². The fraction of sp³-hybridized carbons (Fsp3) is 0.526. The van der Waals surface area contributed by atoms with Gasteiger partial charge in [-0.05, 0) is 41.7 Å². The summed E-state index contributed by atoms with van der Waals surface area (Å²) in [6.45, 7) is 4.66. The normalized spacial score (nSPS) is 21.1. The second-order valence-corrected chi connectivity index (χ2v) is 8.94. The van der Waals surface area contributed by atoms with E-state index in [0.717, 1.165) is 19.5 Å². The van der Waals surface area contributed by atoms with E-state index in [-0.39, 0.29) is 5.91 Å². The van der Waals surface area contributed by atoms with E-state index < -0.39 is 0 Å². The molecule has 1 fully saturated rings. The summed E-state index contributed by atoms with van der Waals surface area (Å²) in [5.41, 5.74) is 0. The van der Waals surface area contributed by atoms with Gasteiger partial charge in [0.05, 0.1) is 9.75 Å². The predicted molar refractivity (Wildman–Crippen MR) is 101 cm³/mol. The summed E-state index contributed by atoms with van der Waals surface area (Å²) in [7, 11) is 0. The lowest BCUT2D eigenvalue weighted by atomic mass is 9.86. The van der Waals surface area contributed by atoms with Gasteiger partial charge in [0.1, 0.15) is 13.1 Å². The first-order valence-electron chi connectivity index (χ1n) is 8.88. The van der Waals surface area contributed by atoms with Gasteiger partial charge in [-0.25, -0.2) is 0 Å². The Balaban J connectivity index is 1.58. The maximum Gasteiger partial charge on any atom is 0.275 e. The Morgan fingerprint density at radius 3 is 2.29 bits per heavy atom. The van der Waals surface area contributed by atoms with Crippen LogP contribution in [0.1, 0.15) is 42.4 Å². The van der Waals surface area contributed by atoms with E-state index in [1.807, 2.05) is 0 Å². The molecular weight excluding hydrogens is 336 g/mol. The smallest absolute Gasteiger partial charge is 0.275 e. The molecule has 3 rings (SSSR count). The molecule has 24 heavy (non-hydrogen) atoms. The van der Waals surface area contributed by atoms with Crippen LogP contribution < -0.4 is 10.2 Å². The molecular formula is C19H27N2OS2+. The molecule has 1 saturated carbocycles. The largest absolute Gasteiger partial charge is 0.348 e. The van der Waals surface area contributed by atoms with E-state index in [2.05, 4.69) is 47.3 Å². The first kappa shape index (κ1) is 17.6. The number of amides is 1. The number of hydrogen-bond acceptors (Lipinski definition) is 3. The summed E-state index contributed by atoms with van der Waals surface area (Å²) in [6, 6.07) is 8.88. The van der Waals surface area contributed by atoms with Gasteiger partial charge in [-0.2, -0.15) is 0 Å². The molecule has 3 nitrogen and oxygen atoms in total. The van der Waals surface area contributed by atoms with Crippen LogP contribution in [0.5, 0.6) is 0 Å². The van der Waals surface area contributed by atoms with Crippen molar-refractivity contribution in [1.82, 2.24) is 5.32 Å². The third kappa shape index (κ3) is 5.16. The molecule has 2 heterocycles. The van der Waals surface area contributed by atoms with Gasteiger partial charge >= 0.3 is 0 Å². The lowest BCUT2D eigenvalue weighted by Gasteiger charge is -2.30. The van der Waals surface area contributed by atoms with Crippen LogP contribution in [0.2, 0.25) is 0 Å². The van der Waals surface area contributed by atoms with Gasteiger partial charge in [-0.1, -0.05) is 31.9 Å². The number of quaternary nitrogens is 1. The van der Waals surface area contributed by atoms with Crippen LogP contribution in [0.15, 0.2) is 35.0 Å². The van der Waals surface area contributed by atoms with Crippen LogP contribution in [0.25, 0.3) is 0 Å². The van der Waals surface area contributed by atoms with Gasteiger partial charge in [-0.3, -0.25) is 4.79 Å². The summed E-state index contributed by atoms with van der Waals surface area (Å²) in [6.07, 6.45) is 4.93.